The van der Waals surface area contributed by atoms with Crippen LogP contribution in [0.3, 0.4) is 0 Å². The lowest BCUT2D eigenvalue weighted by atomic mass is 10.1. The molecule has 0 saturated carbocycles. The molecular weight excluding hydrogens is 271 g/mol. The van der Waals surface area contributed by atoms with Gasteiger partial charge in [0.15, 0.2) is 17.5 Å². The van der Waals surface area contributed by atoms with Crippen molar-refractivity contribution in [2.24, 2.45) is 0 Å². The average molecular weight is 283 g/mol. The van der Waals surface area contributed by atoms with E-state index in [4.69, 9.17) is 4.42 Å². The Morgan fingerprint density at radius 3 is 2.50 bits per heavy atom. The predicted octanol–water partition coefficient (Wildman–Crippen LogP) is 3.06. The van der Waals surface area contributed by atoms with Crippen molar-refractivity contribution in [1.29, 1.82) is 0 Å². The molecule has 0 aliphatic carbocycles. The van der Waals surface area contributed by atoms with Crippen LogP contribution in [0.15, 0.2) is 34.9 Å². The molecule has 1 aromatic heterocycles. The summed E-state index contributed by atoms with van der Waals surface area (Å²) in [6.07, 6.45) is 1.94. The Bertz CT molecular complexity index is 588. The first-order valence-corrected chi connectivity index (χ1v) is 5.95. The lowest BCUT2D eigenvalue weighted by Crippen LogP contribution is -2.34. The Balaban J connectivity index is 2.04. The molecule has 2 aromatic rings. The predicted molar refractivity (Wildman–Crippen MR) is 65.7 cm³/mol. The molecule has 6 heteroatoms. The molecule has 1 N–H and O–H groups in total. The number of amides is 1. The van der Waals surface area contributed by atoms with Crippen LogP contribution in [0.2, 0.25) is 0 Å². The van der Waals surface area contributed by atoms with E-state index in [0.717, 1.165) is 0 Å². The minimum Gasteiger partial charge on any atom is -0.469 e. The number of nitrogens with one attached hydrogen (secondary N) is 1. The topological polar surface area (TPSA) is 42.2 Å². The van der Waals surface area contributed by atoms with Gasteiger partial charge in [0, 0.05) is 18.0 Å². The van der Waals surface area contributed by atoms with Crippen LogP contribution in [0.25, 0.3) is 0 Å². The molecule has 1 aromatic carbocycles. The molecule has 0 spiro atoms. The van der Waals surface area contributed by atoms with Gasteiger partial charge in [-0.05, 0) is 31.2 Å². The summed E-state index contributed by atoms with van der Waals surface area (Å²) in [4.78, 5) is 11.8. The third kappa shape index (κ3) is 3.20. The van der Waals surface area contributed by atoms with Crippen molar-refractivity contribution >= 4 is 5.91 Å². The van der Waals surface area contributed by atoms with E-state index < -0.39 is 23.4 Å². The van der Waals surface area contributed by atoms with Gasteiger partial charge in [-0.1, -0.05) is 0 Å². The second-order valence-electron chi connectivity index (χ2n) is 4.41. The molecule has 106 valence electrons. The Morgan fingerprint density at radius 1 is 1.30 bits per heavy atom. The first kappa shape index (κ1) is 14.2. The Hall–Kier alpha value is -2.24. The average Bonchev–Trinajstić information content (AvgIpc) is 2.87. The standard InChI is InChI=1S/C14H12F3NO2/c1-8(5-10-3-2-4-20-10)18-14(19)9-6-11(15)13(17)12(16)7-9/h2-4,6-8H,5H2,1H3,(H,18,19). The number of rotatable bonds is 4. The number of carbonyl (C=O) groups excluding carboxylic acids is 1. The summed E-state index contributed by atoms with van der Waals surface area (Å²) >= 11 is 0. The van der Waals surface area contributed by atoms with Crippen molar-refractivity contribution in [1.82, 2.24) is 5.32 Å². The highest BCUT2D eigenvalue weighted by Crippen LogP contribution is 2.14. The molecule has 0 radical (unpaired) electrons. The second kappa shape index (κ2) is 5.81. The van der Waals surface area contributed by atoms with Crippen molar-refractivity contribution < 1.29 is 22.4 Å². The van der Waals surface area contributed by atoms with Crippen LogP contribution in [0, 0.1) is 17.5 Å². The molecule has 0 fully saturated rings. The maximum atomic E-state index is 13.0. The Kier molecular flexibility index (Phi) is 4.12. The summed E-state index contributed by atoms with van der Waals surface area (Å²) in [7, 11) is 0. The number of hydrogen-bond donors (Lipinski definition) is 1. The fourth-order valence-electron chi connectivity index (χ4n) is 1.78. The van der Waals surface area contributed by atoms with Gasteiger partial charge in [0.1, 0.15) is 5.76 Å². The van der Waals surface area contributed by atoms with Crippen LogP contribution in [0.4, 0.5) is 13.2 Å². The van der Waals surface area contributed by atoms with Gasteiger partial charge in [-0.2, -0.15) is 0 Å². The van der Waals surface area contributed by atoms with Crippen molar-refractivity contribution in [3.8, 4) is 0 Å². The van der Waals surface area contributed by atoms with Crippen molar-refractivity contribution in [3.63, 3.8) is 0 Å². The number of halogens is 3. The molecule has 2 rings (SSSR count). The minimum absolute atomic E-state index is 0.271. The fourth-order valence-corrected chi connectivity index (χ4v) is 1.78. The number of benzene rings is 1. The van der Waals surface area contributed by atoms with E-state index in [1.54, 1.807) is 19.1 Å². The van der Waals surface area contributed by atoms with E-state index in [0.29, 0.717) is 24.3 Å². The van der Waals surface area contributed by atoms with Crippen LogP contribution in [0.5, 0.6) is 0 Å². The number of hydrogen-bond acceptors (Lipinski definition) is 2. The van der Waals surface area contributed by atoms with E-state index in [1.165, 1.54) is 6.26 Å². The molecular formula is C14H12F3NO2. The lowest BCUT2D eigenvalue weighted by Gasteiger charge is -2.12. The Labute approximate surface area is 113 Å². The van der Waals surface area contributed by atoms with E-state index in [2.05, 4.69) is 5.32 Å². The zero-order chi connectivity index (χ0) is 14.7. The van der Waals surface area contributed by atoms with Crippen LogP contribution in [-0.2, 0) is 6.42 Å². The summed E-state index contributed by atoms with van der Waals surface area (Å²) < 4.78 is 44.0. The van der Waals surface area contributed by atoms with Crippen molar-refractivity contribution in [2.45, 2.75) is 19.4 Å². The summed E-state index contributed by atoms with van der Waals surface area (Å²) in [6.45, 7) is 1.72. The molecule has 1 amide bonds. The van der Waals surface area contributed by atoms with E-state index >= 15 is 0 Å². The number of furan rings is 1. The van der Waals surface area contributed by atoms with Crippen LogP contribution in [0.1, 0.15) is 23.0 Å². The minimum atomic E-state index is -1.59. The van der Waals surface area contributed by atoms with Gasteiger partial charge < -0.3 is 9.73 Å². The zero-order valence-electron chi connectivity index (χ0n) is 10.6. The largest absolute Gasteiger partial charge is 0.469 e. The van der Waals surface area contributed by atoms with Gasteiger partial charge in [-0.3, -0.25) is 4.79 Å². The monoisotopic (exact) mass is 283 g/mol. The summed E-state index contributed by atoms with van der Waals surface area (Å²) in [5.74, 6) is -4.39. The van der Waals surface area contributed by atoms with Crippen molar-refractivity contribution in [2.75, 3.05) is 0 Å². The van der Waals surface area contributed by atoms with Crippen LogP contribution < -0.4 is 5.32 Å². The summed E-state index contributed by atoms with van der Waals surface area (Å²) in [5.41, 5.74) is -0.271. The van der Waals surface area contributed by atoms with Gasteiger partial charge in [-0.25, -0.2) is 13.2 Å². The number of carbonyl (C=O) groups is 1. The first-order valence-electron chi connectivity index (χ1n) is 5.95. The van der Waals surface area contributed by atoms with Crippen LogP contribution >= 0.6 is 0 Å². The smallest absolute Gasteiger partial charge is 0.251 e. The quantitative estimate of drug-likeness (QED) is 0.876. The Morgan fingerprint density at radius 2 is 1.95 bits per heavy atom. The van der Waals surface area contributed by atoms with Gasteiger partial charge in [0.25, 0.3) is 5.91 Å². The highest BCUT2D eigenvalue weighted by Gasteiger charge is 2.16. The maximum absolute atomic E-state index is 13.0. The zero-order valence-corrected chi connectivity index (χ0v) is 10.6. The van der Waals surface area contributed by atoms with Crippen LogP contribution in [-0.4, -0.2) is 11.9 Å². The first-order chi connectivity index (χ1) is 9.47. The van der Waals surface area contributed by atoms with Gasteiger partial charge >= 0.3 is 0 Å². The fraction of sp³-hybridized carbons (Fsp3) is 0.214. The van der Waals surface area contributed by atoms with E-state index in [-0.39, 0.29) is 11.6 Å². The van der Waals surface area contributed by atoms with E-state index in [1.807, 2.05) is 0 Å². The molecule has 3 nitrogen and oxygen atoms in total. The highest BCUT2D eigenvalue weighted by molar-refractivity contribution is 5.94. The molecule has 1 heterocycles. The van der Waals surface area contributed by atoms with E-state index in [9.17, 15) is 18.0 Å². The SMILES string of the molecule is CC(Cc1ccco1)NC(=O)c1cc(F)c(F)c(F)c1. The molecule has 0 aliphatic rings. The molecule has 0 saturated heterocycles. The lowest BCUT2D eigenvalue weighted by molar-refractivity contribution is 0.0938. The molecule has 0 aliphatic heterocycles. The van der Waals surface area contributed by atoms with Crippen molar-refractivity contribution in [3.05, 3.63) is 59.3 Å². The third-order valence-electron chi connectivity index (χ3n) is 2.71. The molecule has 1 unspecified atom stereocenters. The molecule has 1 atom stereocenters. The normalized spacial score (nSPS) is 12.2. The third-order valence-corrected chi connectivity index (χ3v) is 2.71. The summed E-state index contributed by atoms with van der Waals surface area (Å²) in [6, 6.07) is 4.49. The maximum Gasteiger partial charge on any atom is 0.251 e. The van der Waals surface area contributed by atoms with Gasteiger partial charge in [0.2, 0.25) is 0 Å². The second-order valence-corrected chi connectivity index (χ2v) is 4.41. The molecule has 0 bridgehead atoms. The highest BCUT2D eigenvalue weighted by atomic mass is 19.2. The van der Waals surface area contributed by atoms with Gasteiger partial charge in [-0.15, -0.1) is 0 Å². The summed E-state index contributed by atoms with van der Waals surface area (Å²) in [5, 5.41) is 2.55. The van der Waals surface area contributed by atoms with Gasteiger partial charge in [0.05, 0.1) is 6.26 Å². The molecule has 20 heavy (non-hydrogen) atoms.